The van der Waals surface area contributed by atoms with Crippen molar-refractivity contribution in [3.05, 3.63) is 70.6 Å². The Kier molecular flexibility index (Phi) is 6.06. The second kappa shape index (κ2) is 8.66. The lowest BCUT2D eigenvalue weighted by Gasteiger charge is -2.31. The number of amides is 2. The second-order valence-corrected chi connectivity index (χ2v) is 6.83. The fourth-order valence-corrected chi connectivity index (χ4v) is 3.43. The average Bonchev–Trinajstić information content (AvgIpc) is 2.84. The van der Waals surface area contributed by atoms with Crippen LogP contribution >= 0.6 is 0 Å². The quantitative estimate of drug-likeness (QED) is 0.811. The van der Waals surface area contributed by atoms with Crippen molar-refractivity contribution in [2.75, 3.05) is 13.1 Å². The van der Waals surface area contributed by atoms with Crippen LogP contribution in [0, 0.1) is 0 Å². The molecule has 0 spiro atoms. The maximum atomic E-state index is 12.7. The minimum atomic E-state index is -0.200. The Labute approximate surface area is 159 Å². The van der Waals surface area contributed by atoms with Crippen LogP contribution in [-0.4, -0.2) is 45.3 Å². The molecule has 2 amide bonds. The van der Waals surface area contributed by atoms with Gasteiger partial charge in [0, 0.05) is 44.4 Å². The van der Waals surface area contributed by atoms with E-state index < -0.39 is 0 Å². The maximum absolute atomic E-state index is 12.7. The third kappa shape index (κ3) is 4.64. The summed E-state index contributed by atoms with van der Waals surface area (Å²) in [6, 6.07) is 14.7. The fraction of sp³-hybridized carbons (Fsp3) is 0.381. The molecule has 1 aliphatic heterocycles. The highest BCUT2D eigenvalue weighted by molar-refractivity contribution is 5.80. The number of pyridine rings is 1. The van der Waals surface area contributed by atoms with E-state index in [1.807, 2.05) is 42.2 Å². The van der Waals surface area contributed by atoms with Crippen molar-refractivity contribution >= 4 is 11.8 Å². The van der Waals surface area contributed by atoms with Gasteiger partial charge in [0.25, 0.3) is 5.56 Å². The zero-order valence-electron chi connectivity index (χ0n) is 15.6. The van der Waals surface area contributed by atoms with Crippen LogP contribution in [0.4, 0.5) is 0 Å². The summed E-state index contributed by atoms with van der Waals surface area (Å²) >= 11 is 0. The lowest BCUT2D eigenvalue weighted by molar-refractivity contribution is -0.133. The molecule has 0 saturated carbocycles. The number of nitrogens with zero attached hydrogens (tertiary/aromatic N) is 3. The van der Waals surface area contributed by atoms with Crippen molar-refractivity contribution in [3.63, 3.8) is 0 Å². The van der Waals surface area contributed by atoms with Gasteiger partial charge < -0.3 is 14.4 Å². The standard InChI is InChI=1S/C21H25N3O3/c1-2-18-15-23(21(27)16-22-12-7-6-10-19(22)25)13-11-20(26)24(18)14-17-8-4-3-5-9-17/h3-10,12,18H,2,11,13-16H2,1H3/t18-/m0/s1. The van der Waals surface area contributed by atoms with Gasteiger partial charge in [0.2, 0.25) is 11.8 Å². The summed E-state index contributed by atoms with van der Waals surface area (Å²) in [5.41, 5.74) is 0.884. The van der Waals surface area contributed by atoms with Crippen LogP contribution in [-0.2, 0) is 22.7 Å². The smallest absolute Gasteiger partial charge is 0.250 e. The molecule has 0 N–H and O–H groups in total. The Bertz CT molecular complexity index is 847. The third-order valence-electron chi connectivity index (χ3n) is 5.01. The molecule has 3 rings (SSSR count). The van der Waals surface area contributed by atoms with Crippen LogP contribution in [0.15, 0.2) is 59.5 Å². The molecule has 1 fully saturated rings. The minimum absolute atomic E-state index is 0.00296. The van der Waals surface area contributed by atoms with E-state index in [1.54, 1.807) is 23.2 Å². The van der Waals surface area contributed by atoms with Gasteiger partial charge in [0.05, 0.1) is 0 Å². The zero-order chi connectivity index (χ0) is 19.2. The molecule has 0 aliphatic carbocycles. The van der Waals surface area contributed by atoms with E-state index in [1.165, 1.54) is 10.6 Å². The van der Waals surface area contributed by atoms with Crippen LogP contribution in [0.2, 0.25) is 0 Å². The molecule has 2 heterocycles. The van der Waals surface area contributed by atoms with Crippen LogP contribution in [0.1, 0.15) is 25.3 Å². The number of rotatable bonds is 5. The molecule has 1 saturated heterocycles. The molecule has 1 aromatic carbocycles. The Balaban J connectivity index is 1.73. The molecule has 1 aromatic heterocycles. The van der Waals surface area contributed by atoms with Gasteiger partial charge in [-0.3, -0.25) is 14.4 Å². The molecule has 6 nitrogen and oxygen atoms in total. The first-order valence-electron chi connectivity index (χ1n) is 9.35. The van der Waals surface area contributed by atoms with Crippen LogP contribution in [0.25, 0.3) is 0 Å². The lowest BCUT2D eigenvalue weighted by Crippen LogP contribution is -2.44. The van der Waals surface area contributed by atoms with Crippen LogP contribution in [0.3, 0.4) is 0 Å². The number of hydrogen-bond donors (Lipinski definition) is 0. The summed E-state index contributed by atoms with van der Waals surface area (Å²) in [6.45, 7) is 3.48. The molecule has 0 unspecified atom stereocenters. The Morgan fingerprint density at radius 1 is 1.07 bits per heavy atom. The van der Waals surface area contributed by atoms with Crippen molar-refractivity contribution in [2.24, 2.45) is 0 Å². The van der Waals surface area contributed by atoms with E-state index in [4.69, 9.17) is 0 Å². The summed E-state index contributed by atoms with van der Waals surface area (Å²) in [4.78, 5) is 40.9. The first-order chi connectivity index (χ1) is 13.1. The molecule has 27 heavy (non-hydrogen) atoms. The maximum Gasteiger partial charge on any atom is 0.250 e. The number of carbonyl (C=O) groups is 2. The monoisotopic (exact) mass is 367 g/mol. The number of carbonyl (C=O) groups excluding carboxylic acids is 2. The van der Waals surface area contributed by atoms with Crippen LogP contribution in [0.5, 0.6) is 0 Å². The van der Waals surface area contributed by atoms with Gasteiger partial charge >= 0.3 is 0 Å². The van der Waals surface area contributed by atoms with Gasteiger partial charge in [-0.05, 0) is 18.1 Å². The lowest BCUT2D eigenvalue weighted by atomic mass is 10.1. The van der Waals surface area contributed by atoms with Crippen LogP contribution < -0.4 is 5.56 Å². The topological polar surface area (TPSA) is 62.6 Å². The van der Waals surface area contributed by atoms with Gasteiger partial charge in [0.15, 0.2) is 0 Å². The van der Waals surface area contributed by atoms with E-state index in [2.05, 4.69) is 0 Å². The second-order valence-electron chi connectivity index (χ2n) is 6.83. The molecular formula is C21H25N3O3. The predicted molar refractivity (Wildman–Crippen MR) is 103 cm³/mol. The number of benzene rings is 1. The number of hydrogen-bond acceptors (Lipinski definition) is 3. The first kappa shape index (κ1) is 18.9. The largest absolute Gasteiger partial charge is 0.339 e. The Morgan fingerprint density at radius 2 is 1.81 bits per heavy atom. The molecule has 1 atom stereocenters. The summed E-state index contributed by atoms with van der Waals surface area (Å²) in [5.74, 6) is -0.0611. The SMILES string of the molecule is CC[C@H]1CN(C(=O)Cn2ccccc2=O)CCC(=O)N1Cc1ccccc1. The highest BCUT2D eigenvalue weighted by Gasteiger charge is 2.30. The van der Waals surface area contributed by atoms with E-state index in [0.29, 0.717) is 26.1 Å². The fourth-order valence-electron chi connectivity index (χ4n) is 3.43. The Morgan fingerprint density at radius 3 is 2.52 bits per heavy atom. The predicted octanol–water partition coefficient (Wildman–Crippen LogP) is 1.89. The highest BCUT2D eigenvalue weighted by atomic mass is 16.2. The van der Waals surface area contributed by atoms with E-state index >= 15 is 0 Å². The zero-order valence-corrected chi connectivity index (χ0v) is 15.6. The summed E-state index contributed by atoms with van der Waals surface area (Å²) in [7, 11) is 0. The van der Waals surface area contributed by atoms with Gasteiger partial charge in [-0.2, -0.15) is 0 Å². The normalized spacial score (nSPS) is 17.7. The third-order valence-corrected chi connectivity index (χ3v) is 5.01. The van der Waals surface area contributed by atoms with E-state index in [-0.39, 0.29) is 30.0 Å². The molecule has 2 aromatic rings. The highest BCUT2D eigenvalue weighted by Crippen LogP contribution is 2.18. The Hall–Kier alpha value is -2.89. The van der Waals surface area contributed by atoms with Gasteiger partial charge in [-0.15, -0.1) is 0 Å². The summed E-state index contributed by atoms with van der Waals surface area (Å²) < 4.78 is 1.40. The molecule has 0 radical (unpaired) electrons. The molecule has 1 aliphatic rings. The van der Waals surface area contributed by atoms with Crippen molar-refractivity contribution in [1.29, 1.82) is 0 Å². The van der Waals surface area contributed by atoms with Gasteiger partial charge in [-0.1, -0.05) is 43.3 Å². The summed E-state index contributed by atoms with van der Waals surface area (Å²) in [5, 5.41) is 0. The van der Waals surface area contributed by atoms with Gasteiger partial charge in [0.1, 0.15) is 6.54 Å². The van der Waals surface area contributed by atoms with Crippen molar-refractivity contribution in [1.82, 2.24) is 14.4 Å². The molecule has 6 heteroatoms. The van der Waals surface area contributed by atoms with Crippen molar-refractivity contribution in [3.8, 4) is 0 Å². The van der Waals surface area contributed by atoms with E-state index in [0.717, 1.165) is 12.0 Å². The van der Waals surface area contributed by atoms with Crippen molar-refractivity contribution in [2.45, 2.75) is 38.9 Å². The minimum Gasteiger partial charge on any atom is -0.339 e. The van der Waals surface area contributed by atoms with Crippen molar-refractivity contribution < 1.29 is 9.59 Å². The molecule has 142 valence electrons. The molecule has 0 bridgehead atoms. The average molecular weight is 367 g/mol. The first-order valence-corrected chi connectivity index (χ1v) is 9.35. The number of aromatic nitrogens is 1. The van der Waals surface area contributed by atoms with E-state index in [9.17, 15) is 14.4 Å². The molecular weight excluding hydrogens is 342 g/mol. The van der Waals surface area contributed by atoms with Gasteiger partial charge in [-0.25, -0.2) is 0 Å². The summed E-state index contributed by atoms with van der Waals surface area (Å²) in [6.07, 6.45) is 2.69.